The Morgan fingerprint density at radius 3 is 3.08 bits per heavy atom. The quantitative estimate of drug-likeness (QED) is 0.684. The number of rotatable bonds is 4. The van der Waals surface area contributed by atoms with Gasteiger partial charge in [-0.25, -0.2) is 19.2 Å². The second-order valence-electron chi connectivity index (χ2n) is 5.67. The molecule has 126 valence electrons. The van der Waals surface area contributed by atoms with Gasteiger partial charge in [0, 0.05) is 30.6 Å². The number of aromatic nitrogens is 3. The van der Waals surface area contributed by atoms with Crippen molar-refractivity contribution in [1.29, 1.82) is 0 Å². The van der Waals surface area contributed by atoms with Crippen LogP contribution in [0.2, 0.25) is 0 Å². The molecule has 1 aliphatic heterocycles. The molecule has 0 saturated carbocycles. The summed E-state index contributed by atoms with van der Waals surface area (Å²) in [5.74, 6) is 0.444. The number of halogens is 1. The number of nitrogens with zero attached hydrogens (tertiary/aromatic N) is 3. The Balaban J connectivity index is 1.39. The fourth-order valence-electron chi connectivity index (χ4n) is 2.72. The van der Waals surface area contributed by atoms with Gasteiger partial charge in [-0.3, -0.25) is 4.57 Å². The molecule has 0 unspecified atom stereocenters. The minimum absolute atomic E-state index is 0.0951. The molecule has 1 aliphatic rings. The van der Waals surface area contributed by atoms with E-state index in [0.717, 1.165) is 5.56 Å². The van der Waals surface area contributed by atoms with Crippen molar-refractivity contribution in [2.24, 2.45) is 0 Å². The molecule has 0 bridgehead atoms. The molecule has 0 saturated heterocycles. The average molecular weight is 339 g/mol. The van der Waals surface area contributed by atoms with Gasteiger partial charge in [-0.05, 0) is 30.3 Å². The Hall–Kier alpha value is -3.22. The van der Waals surface area contributed by atoms with E-state index in [0.29, 0.717) is 23.6 Å². The second kappa shape index (κ2) is 6.35. The van der Waals surface area contributed by atoms with Crippen molar-refractivity contribution in [3.63, 3.8) is 0 Å². The van der Waals surface area contributed by atoms with Crippen LogP contribution < -0.4 is 4.74 Å². The van der Waals surface area contributed by atoms with Crippen molar-refractivity contribution in [3.05, 3.63) is 72.2 Å². The third-order valence-electron chi connectivity index (χ3n) is 3.91. The van der Waals surface area contributed by atoms with Crippen LogP contribution in [-0.4, -0.2) is 33.2 Å². The van der Waals surface area contributed by atoms with E-state index in [-0.39, 0.29) is 18.5 Å². The van der Waals surface area contributed by atoms with Gasteiger partial charge in [0.25, 0.3) is 0 Å². The minimum atomic E-state index is -0.463. The Morgan fingerprint density at radius 1 is 1.32 bits per heavy atom. The van der Waals surface area contributed by atoms with Crippen LogP contribution >= 0.6 is 0 Å². The number of esters is 1. The molecule has 0 radical (unpaired) electrons. The van der Waals surface area contributed by atoms with E-state index in [1.165, 1.54) is 18.3 Å². The van der Waals surface area contributed by atoms with Crippen molar-refractivity contribution in [3.8, 4) is 11.6 Å². The standard InChI is InChI=1S/C18H14FN3O3/c19-14-1-2-16-13(7-14)8-15(25-16)10-24-18(23)12-3-4-21-17(9-12)22-6-5-20-11-22/h1-7,9,11,15H,8,10H2/t15-/m1/s1. The monoisotopic (exact) mass is 339 g/mol. The number of pyridine rings is 1. The fraction of sp³-hybridized carbons (Fsp3) is 0.167. The van der Waals surface area contributed by atoms with E-state index in [1.54, 1.807) is 41.5 Å². The lowest BCUT2D eigenvalue weighted by Crippen LogP contribution is -2.23. The first-order valence-corrected chi connectivity index (χ1v) is 7.75. The SMILES string of the molecule is O=C(OC[C@H]1Cc2cc(F)ccc2O1)c1ccnc(-n2ccnc2)c1. The molecule has 1 atom stereocenters. The Morgan fingerprint density at radius 2 is 2.24 bits per heavy atom. The highest BCUT2D eigenvalue weighted by Crippen LogP contribution is 2.29. The van der Waals surface area contributed by atoms with Gasteiger partial charge in [0.2, 0.25) is 0 Å². The van der Waals surface area contributed by atoms with Crippen LogP contribution in [0.4, 0.5) is 4.39 Å². The largest absolute Gasteiger partial charge is 0.486 e. The van der Waals surface area contributed by atoms with Crippen molar-refractivity contribution in [2.45, 2.75) is 12.5 Å². The first kappa shape index (κ1) is 15.3. The van der Waals surface area contributed by atoms with E-state index in [1.807, 2.05) is 0 Å². The number of benzene rings is 1. The van der Waals surface area contributed by atoms with Gasteiger partial charge in [0.1, 0.15) is 36.4 Å². The maximum absolute atomic E-state index is 13.2. The summed E-state index contributed by atoms with van der Waals surface area (Å²) in [6.07, 6.45) is 6.70. The normalized spacial score (nSPS) is 15.5. The van der Waals surface area contributed by atoms with Gasteiger partial charge in [-0.1, -0.05) is 0 Å². The van der Waals surface area contributed by atoms with Crippen LogP contribution in [0.5, 0.6) is 5.75 Å². The van der Waals surface area contributed by atoms with Gasteiger partial charge >= 0.3 is 5.97 Å². The zero-order valence-corrected chi connectivity index (χ0v) is 13.1. The van der Waals surface area contributed by atoms with Crippen molar-refractivity contribution in [2.75, 3.05) is 6.61 Å². The summed E-state index contributed by atoms with van der Waals surface area (Å²) in [5, 5.41) is 0. The van der Waals surface area contributed by atoms with Crippen molar-refractivity contribution >= 4 is 5.97 Å². The van der Waals surface area contributed by atoms with E-state index in [9.17, 15) is 9.18 Å². The molecule has 25 heavy (non-hydrogen) atoms. The number of hydrogen-bond donors (Lipinski definition) is 0. The van der Waals surface area contributed by atoms with Gasteiger partial charge < -0.3 is 9.47 Å². The van der Waals surface area contributed by atoms with Crippen LogP contribution in [0.1, 0.15) is 15.9 Å². The highest BCUT2D eigenvalue weighted by Gasteiger charge is 2.25. The molecule has 0 amide bonds. The molecule has 7 heteroatoms. The maximum Gasteiger partial charge on any atom is 0.338 e. The van der Waals surface area contributed by atoms with Crippen molar-refractivity contribution < 1.29 is 18.7 Å². The van der Waals surface area contributed by atoms with Gasteiger partial charge in [0.15, 0.2) is 0 Å². The molecule has 0 spiro atoms. The third-order valence-corrected chi connectivity index (χ3v) is 3.91. The van der Waals surface area contributed by atoms with Gasteiger partial charge in [0.05, 0.1) is 5.56 Å². The molecule has 0 aliphatic carbocycles. The highest BCUT2D eigenvalue weighted by molar-refractivity contribution is 5.89. The molecule has 4 rings (SSSR count). The first-order valence-electron chi connectivity index (χ1n) is 7.75. The summed E-state index contributed by atoms with van der Waals surface area (Å²) in [5.41, 5.74) is 1.17. The lowest BCUT2D eigenvalue weighted by atomic mass is 10.1. The fourth-order valence-corrected chi connectivity index (χ4v) is 2.72. The Kier molecular flexibility index (Phi) is 3.89. The lowest BCUT2D eigenvalue weighted by Gasteiger charge is -2.11. The Labute approximate surface area is 142 Å². The predicted octanol–water partition coefficient (Wildman–Crippen LogP) is 2.57. The number of hydrogen-bond acceptors (Lipinski definition) is 5. The molecule has 6 nitrogen and oxygen atoms in total. The Bertz CT molecular complexity index is 912. The van der Waals surface area contributed by atoms with Gasteiger partial charge in [-0.15, -0.1) is 0 Å². The lowest BCUT2D eigenvalue weighted by molar-refractivity contribution is 0.0346. The molecule has 0 N–H and O–H groups in total. The summed E-state index contributed by atoms with van der Waals surface area (Å²) in [6.45, 7) is 0.0951. The summed E-state index contributed by atoms with van der Waals surface area (Å²) in [4.78, 5) is 20.4. The van der Waals surface area contributed by atoms with Crippen LogP contribution in [0.15, 0.2) is 55.2 Å². The molecule has 3 heterocycles. The van der Waals surface area contributed by atoms with E-state index >= 15 is 0 Å². The zero-order chi connectivity index (χ0) is 17.2. The topological polar surface area (TPSA) is 66.2 Å². The molecule has 1 aromatic carbocycles. The summed E-state index contributed by atoms with van der Waals surface area (Å²) >= 11 is 0. The summed E-state index contributed by atoms with van der Waals surface area (Å²) < 4.78 is 25.9. The van der Waals surface area contributed by atoms with E-state index in [2.05, 4.69) is 9.97 Å². The zero-order valence-electron chi connectivity index (χ0n) is 13.1. The third kappa shape index (κ3) is 3.21. The van der Waals surface area contributed by atoms with Crippen LogP contribution in [-0.2, 0) is 11.2 Å². The summed E-state index contributed by atoms with van der Waals surface area (Å²) in [6, 6.07) is 7.60. The molecule has 2 aromatic heterocycles. The number of ether oxygens (including phenoxy) is 2. The molecule has 3 aromatic rings. The predicted molar refractivity (Wildman–Crippen MR) is 86.2 cm³/mol. The highest BCUT2D eigenvalue weighted by atomic mass is 19.1. The van der Waals surface area contributed by atoms with Gasteiger partial charge in [-0.2, -0.15) is 0 Å². The number of carbonyl (C=O) groups excluding carboxylic acids is 1. The molecule has 0 fully saturated rings. The van der Waals surface area contributed by atoms with E-state index < -0.39 is 5.97 Å². The van der Waals surface area contributed by atoms with E-state index in [4.69, 9.17) is 9.47 Å². The number of fused-ring (bicyclic) bond motifs is 1. The number of carbonyl (C=O) groups is 1. The molecular weight excluding hydrogens is 325 g/mol. The molecular formula is C18H14FN3O3. The second-order valence-corrected chi connectivity index (χ2v) is 5.67. The van der Waals surface area contributed by atoms with Crippen LogP contribution in [0.3, 0.4) is 0 Å². The number of imidazole rings is 1. The first-order chi connectivity index (χ1) is 12.2. The summed E-state index contributed by atoms with van der Waals surface area (Å²) in [7, 11) is 0. The van der Waals surface area contributed by atoms with Crippen LogP contribution in [0, 0.1) is 5.82 Å². The van der Waals surface area contributed by atoms with Crippen LogP contribution in [0.25, 0.3) is 5.82 Å². The maximum atomic E-state index is 13.2. The average Bonchev–Trinajstić information content (AvgIpc) is 3.29. The smallest absolute Gasteiger partial charge is 0.338 e. The minimum Gasteiger partial charge on any atom is -0.486 e. The van der Waals surface area contributed by atoms with Crippen molar-refractivity contribution in [1.82, 2.24) is 14.5 Å².